The molecule has 0 atom stereocenters. The van der Waals surface area contributed by atoms with E-state index < -0.39 is 0 Å². The van der Waals surface area contributed by atoms with E-state index in [9.17, 15) is 0 Å². The highest BCUT2D eigenvalue weighted by Gasteiger charge is 2.36. The van der Waals surface area contributed by atoms with Gasteiger partial charge >= 0.3 is 0 Å². The van der Waals surface area contributed by atoms with Crippen molar-refractivity contribution in [2.24, 2.45) is 4.99 Å². The fourth-order valence-electron chi connectivity index (χ4n) is 1.79. The van der Waals surface area contributed by atoms with Gasteiger partial charge in [0, 0.05) is 6.92 Å². The molecule has 11 heavy (non-hydrogen) atoms. The van der Waals surface area contributed by atoms with Crippen molar-refractivity contribution in [2.75, 3.05) is 19.7 Å². The van der Waals surface area contributed by atoms with Crippen LogP contribution in [-0.2, 0) is 4.74 Å². The zero-order chi connectivity index (χ0) is 7.73. The van der Waals surface area contributed by atoms with Crippen molar-refractivity contribution >= 4 is 5.90 Å². The number of nitrogens with one attached hydrogen (secondary N) is 1. The van der Waals surface area contributed by atoms with Crippen LogP contribution in [0.1, 0.15) is 19.8 Å². The molecule has 3 nitrogen and oxygen atoms in total. The van der Waals surface area contributed by atoms with Crippen molar-refractivity contribution in [3.05, 3.63) is 0 Å². The molecule has 0 unspecified atom stereocenters. The van der Waals surface area contributed by atoms with Crippen molar-refractivity contribution < 1.29 is 4.74 Å². The molecule has 2 aliphatic rings. The minimum Gasteiger partial charge on any atom is -0.479 e. The quantitative estimate of drug-likeness (QED) is 0.553. The predicted octanol–water partition coefficient (Wildman–Crippen LogP) is 0.557. The molecule has 1 spiro atoms. The van der Waals surface area contributed by atoms with E-state index in [1.165, 1.54) is 0 Å². The third-order valence-corrected chi connectivity index (χ3v) is 2.48. The van der Waals surface area contributed by atoms with Crippen LogP contribution in [0.2, 0.25) is 0 Å². The average Bonchev–Trinajstić information content (AvgIpc) is 2.34. The van der Waals surface area contributed by atoms with Crippen LogP contribution < -0.4 is 5.32 Å². The molecule has 3 heteroatoms. The number of hydrogen-bond donors (Lipinski definition) is 1. The lowest BCUT2D eigenvalue weighted by molar-refractivity contribution is 0.214. The van der Waals surface area contributed by atoms with Crippen LogP contribution in [0.4, 0.5) is 0 Å². The molecule has 2 aliphatic heterocycles. The summed E-state index contributed by atoms with van der Waals surface area (Å²) in [6, 6.07) is 0. The van der Waals surface area contributed by atoms with Crippen molar-refractivity contribution in [3.8, 4) is 0 Å². The Labute approximate surface area is 66.8 Å². The number of ether oxygens (including phenoxy) is 1. The van der Waals surface area contributed by atoms with E-state index >= 15 is 0 Å². The van der Waals surface area contributed by atoms with Gasteiger partial charge in [0.2, 0.25) is 0 Å². The van der Waals surface area contributed by atoms with Gasteiger partial charge in [-0.25, -0.2) is 4.99 Å². The molecular weight excluding hydrogens is 140 g/mol. The molecule has 0 aliphatic carbocycles. The topological polar surface area (TPSA) is 33.6 Å². The highest BCUT2D eigenvalue weighted by Crippen LogP contribution is 2.27. The van der Waals surface area contributed by atoms with Gasteiger partial charge in [-0.2, -0.15) is 0 Å². The number of hydrogen-bond acceptors (Lipinski definition) is 3. The normalized spacial score (nSPS) is 28.3. The van der Waals surface area contributed by atoms with Crippen LogP contribution in [0, 0.1) is 0 Å². The minimum absolute atomic E-state index is 0.148. The Morgan fingerprint density at radius 1 is 1.45 bits per heavy atom. The fourth-order valence-corrected chi connectivity index (χ4v) is 1.79. The van der Waals surface area contributed by atoms with Gasteiger partial charge in [-0.3, -0.25) is 0 Å². The van der Waals surface area contributed by atoms with Crippen LogP contribution in [0.5, 0.6) is 0 Å². The summed E-state index contributed by atoms with van der Waals surface area (Å²) in [6.45, 7) is 4.91. The summed E-state index contributed by atoms with van der Waals surface area (Å²) in [5.41, 5.74) is 0.148. The maximum absolute atomic E-state index is 5.37. The van der Waals surface area contributed by atoms with Crippen LogP contribution >= 0.6 is 0 Å². The van der Waals surface area contributed by atoms with Crippen LogP contribution in [-0.4, -0.2) is 31.1 Å². The molecular formula is C8H14N2O. The second kappa shape index (κ2) is 2.48. The molecule has 0 amide bonds. The minimum atomic E-state index is 0.148. The lowest BCUT2D eigenvalue weighted by Crippen LogP contribution is -2.41. The van der Waals surface area contributed by atoms with Crippen molar-refractivity contribution in [3.63, 3.8) is 0 Å². The summed E-state index contributed by atoms with van der Waals surface area (Å²) < 4.78 is 5.37. The molecule has 0 bridgehead atoms. The van der Waals surface area contributed by atoms with Gasteiger partial charge in [0.1, 0.15) is 12.1 Å². The number of nitrogens with zero attached hydrogens (tertiary/aromatic N) is 1. The fraction of sp³-hybridized carbons (Fsp3) is 0.875. The summed E-state index contributed by atoms with van der Waals surface area (Å²) in [4.78, 5) is 4.53. The van der Waals surface area contributed by atoms with Crippen LogP contribution in [0.15, 0.2) is 4.99 Å². The summed E-state index contributed by atoms with van der Waals surface area (Å²) in [6.07, 6.45) is 2.26. The number of aliphatic imine (C=N–C) groups is 1. The summed E-state index contributed by atoms with van der Waals surface area (Å²) in [5, 5.41) is 3.33. The molecule has 0 aromatic carbocycles. The lowest BCUT2D eigenvalue weighted by atomic mass is 9.91. The van der Waals surface area contributed by atoms with Gasteiger partial charge in [0.25, 0.3) is 0 Å². The smallest absolute Gasteiger partial charge is 0.180 e. The molecule has 1 saturated heterocycles. The van der Waals surface area contributed by atoms with E-state index in [1.54, 1.807) is 0 Å². The Bertz CT molecular complexity index is 183. The Morgan fingerprint density at radius 2 is 2.18 bits per heavy atom. The highest BCUT2D eigenvalue weighted by atomic mass is 16.5. The maximum atomic E-state index is 5.37. The largest absolute Gasteiger partial charge is 0.479 e. The first-order chi connectivity index (χ1) is 5.31. The van der Waals surface area contributed by atoms with Gasteiger partial charge in [-0.05, 0) is 25.9 Å². The molecule has 0 radical (unpaired) electrons. The molecule has 2 heterocycles. The molecule has 0 aromatic heterocycles. The van der Waals surface area contributed by atoms with Crippen LogP contribution in [0.3, 0.4) is 0 Å². The number of rotatable bonds is 0. The van der Waals surface area contributed by atoms with E-state index in [1.807, 2.05) is 6.92 Å². The summed E-state index contributed by atoms with van der Waals surface area (Å²) in [7, 11) is 0. The number of piperidine rings is 1. The van der Waals surface area contributed by atoms with Gasteiger partial charge in [0.15, 0.2) is 5.90 Å². The van der Waals surface area contributed by atoms with E-state index in [2.05, 4.69) is 10.3 Å². The van der Waals surface area contributed by atoms with E-state index in [0.29, 0.717) is 0 Å². The molecule has 2 rings (SSSR count). The summed E-state index contributed by atoms with van der Waals surface area (Å²) in [5.74, 6) is 0.868. The van der Waals surface area contributed by atoms with E-state index in [0.717, 1.165) is 38.4 Å². The SMILES string of the molecule is CC1=NC2(CCNCC2)CO1. The second-order valence-electron chi connectivity index (χ2n) is 3.39. The average molecular weight is 154 g/mol. The van der Waals surface area contributed by atoms with E-state index in [-0.39, 0.29) is 5.54 Å². The molecule has 1 N–H and O–H groups in total. The zero-order valence-electron chi connectivity index (χ0n) is 6.89. The monoisotopic (exact) mass is 154 g/mol. The first kappa shape index (κ1) is 7.10. The third kappa shape index (κ3) is 1.25. The van der Waals surface area contributed by atoms with Crippen molar-refractivity contribution in [1.29, 1.82) is 0 Å². The Balaban J connectivity index is 2.09. The lowest BCUT2D eigenvalue weighted by Gasteiger charge is -2.28. The Morgan fingerprint density at radius 3 is 2.73 bits per heavy atom. The van der Waals surface area contributed by atoms with Crippen molar-refractivity contribution in [1.82, 2.24) is 5.32 Å². The third-order valence-electron chi connectivity index (χ3n) is 2.48. The molecule has 1 fully saturated rings. The first-order valence-electron chi connectivity index (χ1n) is 4.21. The van der Waals surface area contributed by atoms with Gasteiger partial charge in [0.05, 0.1) is 0 Å². The van der Waals surface area contributed by atoms with Gasteiger partial charge < -0.3 is 10.1 Å². The highest BCUT2D eigenvalue weighted by molar-refractivity contribution is 5.75. The molecule has 0 saturated carbocycles. The Hall–Kier alpha value is -0.570. The summed E-state index contributed by atoms with van der Waals surface area (Å²) >= 11 is 0. The first-order valence-corrected chi connectivity index (χ1v) is 4.21. The molecule has 0 aromatic rings. The van der Waals surface area contributed by atoms with Gasteiger partial charge in [-0.15, -0.1) is 0 Å². The van der Waals surface area contributed by atoms with E-state index in [4.69, 9.17) is 4.74 Å². The van der Waals surface area contributed by atoms with Gasteiger partial charge in [-0.1, -0.05) is 0 Å². The predicted molar refractivity (Wildman–Crippen MR) is 43.9 cm³/mol. The molecule has 62 valence electrons. The van der Waals surface area contributed by atoms with Crippen molar-refractivity contribution in [2.45, 2.75) is 25.3 Å². The standard InChI is InChI=1S/C8H14N2O/c1-7-10-8(6-11-7)2-4-9-5-3-8/h9H,2-6H2,1H3. The van der Waals surface area contributed by atoms with Crippen LogP contribution in [0.25, 0.3) is 0 Å². The zero-order valence-corrected chi connectivity index (χ0v) is 6.89. The second-order valence-corrected chi connectivity index (χ2v) is 3.39. The maximum Gasteiger partial charge on any atom is 0.180 e. The Kier molecular flexibility index (Phi) is 1.60.